The zero-order chi connectivity index (χ0) is 14.8. The van der Waals surface area contributed by atoms with Crippen LogP contribution in [0, 0.1) is 11.8 Å². The number of aliphatic hydroxyl groups is 1. The van der Waals surface area contributed by atoms with Crippen molar-refractivity contribution in [3.05, 3.63) is 35.9 Å². The molecule has 4 heteroatoms. The Bertz CT molecular complexity index is 566. The van der Waals surface area contributed by atoms with Crippen LogP contribution in [0.1, 0.15) is 36.0 Å². The summed E-state index contributed by atoms with van der Waals surface area (Å²) in [5.74, 6) is 4.52. The van der Waals surface area contributed by atoms with Crippen molar-refractivity contribution in [3.8, 4) is 11.8 Å². The molecule has 0 bridgehead atoms. The maximum absolute atomic E-state index is 11.9. The lowest BCUT2D eigenvalue weighted by Gasteiger charge is -2.37. The first-order chi connectivity index (χ1) is 10.1. The van der Waals surface area contributed by atoms with Crippen LogP contribution in [0.2, 0.25) is 0 Å². The fourth-order valence-electron chi connectivity index (χ4n) is 2.79. The summed E-state index contributed by atoms with van der Waals surface area (Å²) >= 11 is 0. The third kappa shape index (κ3) is 3.16. The molecule has 1 aromatic carbocycles. The molecule has 0 amide bonds. The van der Waals surface area contributed by atoms with E-state index in [0.717, 1.165) is 0 Å². The first kappa shape index (κ1) is 14.3. The molecule has 1 aliphatic carbocycles. The van der Waals surface area contributed by atoms with Gasteiger partial charge in [-0.15, -0.1) is 0 Å². The van der Waals surface area contributed by atoms with Gasteiger partial charge in [0.15, 0.2) is 5.79 Å². The minimum Gasteiger partial charge on any atom is -0.378 e. The maximum Gasteiger partial charge on any atom is 0.235 e. The van der Waals surface area contributed by atoms with Gasteiger partial charge in [0, 0.05) is 18.4 Å². The van der Waals surface area contributed by atoms with Gasteiger partial charge in [0.25, 0.3) is 0 Å². The lowest BCUT2D eigenvalue weighted by atomic mass is 9.81. The molecule has 0 atom stereocenters. The summed E-state index contributed by atoms with van der Waals surface area (Å²) in [6.07, 6.45) is 2.14. The third-order valence-electron chi connectivity index (χ3n) is 4.10. The van der Waals surface area contributed by atoms with E-state index in [1.54, 1.807) is 24.3 Å². The summed E-state index contributed by atoms with van der Waals surface area (Å²) in [6.45, 7) is 1.22. The summed E-state index contributed by atoms with van der Waals surface area (Å²) in [4.78, 5) is 11.9. The molecule has 1 N–H and O–H groups in total. The molecule has 21 heavy (non-hydrogen) atoms. The smallest absolute Gasteiger partial charge is 0.235 e. The van der Waals surface area contributed by atoms with E-state index in [0.29, 0.717) is 44.5 Å². The minimum atomic E-state index is -1.12. The Hall–Kier alpha value is -1.67. The number of carbonyl (C=O) groups excluding carboxylic acids is 1. The topological polar surface area (TPSA) is 55.8 Å². The molecule has 110 valence electrons. The zero-order valence-corrected chi connectivity index (χ0v) is 11.8. The predicted molar refractivity (Wildman–Crippen MR) is 76.6 cm³/mol. The van der Waals surface area contributed by atoms with E-state index in [2.05, 4.69) is 11.8 Å². The zero-order valence-electron chi connectivity index (χ0n) is 11.8. The highest BCUT2D eigenvalue weighted by Gasteiger charge is 2.44. The van der Waals surface area contributed by atoms with Gasteiger partial charge < -0.3 is 14.6 Å². The van der Waals surface area contributed by atoms with Crippen molar-refractivity contribution in [3.63, 3.8) is 0 Å². The van der Waals surface area contributed by atoms with Crippen LogP contribution in [0.3, 0.4) is 0 Å². The minimum absolute atomic E-state index is 0.266. The van der Waals surface area contributed by atoms with Crippen LogP contribution in [-0.2, 0) is 9.47 Å². The third-order valence-corrected chi connectivity index (χ3v) is 4.10. The van der Waals surface area contributed by atoms with Crippen LogP contribution in [0.5, 0.6) is 0 Å². The first-order valence-corrected chi connectivity index (χ1v) is 7.24. The Balaban J connectivity index is 1.66. The van der Waals surface area contributed by atoms with Crippen molar-refractivity contribution in [2.24, 2.45) is 0 Å². The van der Waals surface area contributed by atoms with Gasteiger partial charge in [-0.25, -0.2) is 0 Å². The van der Waals surface area contributed by atoms with E-state index in [9.17, 15) is 9.90 Å². The van der Waals surface area contributed by atoms with E-state index in [1.807, 2.05) is 6.07 Å². The molecule has 4 nitrogen and oxygen atoms in total. The molecular formula is C17H18O4. The predicted octanol–water partition coefficient (Wildman–Crippen LogP) is 1.92. The van der Waals surface area contributed by atoms with Crippen molar-refractivity contribution < 1.29 is 19.4 Å². The van der Waals surface area contributed by atoms with E-state index >= 15 is 0 Å². The van der Waals surface area contributed by atoms with Crippen molar-refractivity contribution in [1.29, 1.82) is 0 Å². The highest BCUT2D eigenvalue weighted by molar-refractivity contribution is 6.09. The average Bonchev–Trinajstić information content (AvgIpc) is 2.98. The lowest BCUT2D eigenvalue weighted by molar-refractivity contribution is -0.195. The molecule has 1 aromatic rings. The quantitative estimate of drug-likeness (QED) is 0.487. The Morgan fingerprint density at radius 3 is 2.29 bits per heavy atom. The van der Waals surface area contributed by atoms with Gasteiger partial charge in [-0.2, -0.15) is 0 Å². The number of ether oxygens (including phenoxy) is 2. The molecule has 1 saturated carbocycles. The van der Waals surface area contributed by atoms with Crippen LogP contribution in [0.4, 0.5) is 0 Å². The lowest BCUT2D eigenvalue weighted by Crippen LogP contribution is -2.42. The standard InChI is InChI=1S/C17H18O4/c18-15(14-4-2-1-3-5-14)6-7-16(19)8-10-17(11-9-16)20-12-13-21-17/h1-5,19H,8-13H2. The van der Waals surface area contributed by atoms with Gasteiger partial charge in [-0.1, -0.05) is 36.3 Å². The first-order valence-electron chi connectivity index (χ1n) is 7.24. The van der Waals surface area contributed by atoms with Crippen molar-refractivity contribution in [1.82, 2.24) is 0 Å². The number of ketones is 1. The van der Waals surface area contributed by atoms with Crippen LogP contribution < -0.4 is 0 Å². The molecule has 1 spiro atoms. The van der Waals surface area contributed by atoms with Gasteiger partial charge in [0.05, 0.1) is 13.2 Å². The molecule has 1 heterocycles. The second-order valence-corrected chi connectivity index (χ2v) is 5.58. The fraction of sp³-hybridized carbons (Fsp3) is 0.471. The van der Waals surface area contributed by atoms with E-state index in [-0.39, 0.29) is 5.78 Å². The molecular weight excluding hydrogens is 268 g/mol. The SMILES string of the molecule is O=C(C#CC1(O)CCC2(CC1)OCCO2)c1ccccc1. The Morgan fingerprint density at radius 1 is 1.05 bits per heavy atom. The average molecular weight is 286 g/mol. The second kappa shape index (κ2) is 5.61. The molecule has 2 aliphatic rings. The fourth-order valence-corrected chi connectivity index (χ4v) is 2.79. The summed E-state index contributed by atoms with van der Waals surface area (Å²) in [7, 11) is 0. The van der Waals surface area contributed by atoms with Gasteiger partial charge in [-0.3, -0.25) is 4.79 Å². The Kier molecular flexibility index (Phi) is 3.81. The molecule has 0 aromatic heterocycles. The van der Waals surface area contributed by atoms with Crippen molar-refractivity contribution >= 4 is 5.78 Å². The summed E-state index contributed by atoms with van der Waals surface area (Å²) in [5.41, 5.74) is -0.575. The summed E-state index contributed by atoms with van der Waals surface area (Å²) in [5, 5.41) is 10.5. The van der Waals surface area contributed by atoms with E-state index in [1.165, 1.54) is 0 Å². The highest BCUT2D eigenvalue weighted by atomic mass is 16.7. The molecule has 3 rings (SSSR count). The number of Topliss-reactive ketones (excluding diaryl/α,β-unsaturated/α-hetero) is 1. The van der Waals surface area contributed by atoms with E-state index in [4.69, 9.17) is 9.47 Å². The van der Waals surface area contributed by atoms with E-state index < -0.39 is 11.4 Å². The van der Waals surface area contributed by atoms with Crippen LogP contribution in [0.25, 0.3) is 0 Å². The van der Waals surface area contributed by atoms with Gasteiger partial charge in [0.1, 0.15) is 5.60 Å². The summed E-state index contributed by atoms with van der Waals surface area (Å²) < 4.78 is 11.2. The Morgan fingerprint density at radius 2 is 1.67 bits per heavy atom. The molecule has 1 saturated heterocycles. The second-order valence-electron chi connectivity index (χ2n) is 5.58. The maximum atomic E-state index is 11.9. The van der Waals surface area contributed by atoms with Gasteiger partial charge >= 0.3 is 0 Å². The van der Waals surface area contributed by atoms with Crippen molar-refractivity contribution in [2.75, 3.05) is 13.2 Å². The van der Waals surface area contributed by atoms with Crippen LogP contribution in [-0.4, -0.2) is 35.5 Å². The number of hydrogen-bond donors (Lipinski definition) is 1. The van der Waals surface area contributed by atoms with Crippen LogP contribution >= 0.6 is 0 Å². The monoisotopic (exact) mass is 286 g/mol. The summed E-state index contributed by atoms with van der Waals surface area (Å²) in [6, 6.07) is 8.87. The molecule has 0 radical (unpaired) electrons. The van der Waals surface area contributed by atoms with Gasteiger partial charge in [0.2, 0.25) is 5.78 Å². The number of hydrogen-bond acceptors (Lipinski definition) is 4. The molecule has 0 unspecified atom stereocenters. The molecule has 2 fully saturated rings. The number of rotatable bonds is 1. The molecule has 1 aliphatic heterocycles. The number of benzene rings is 1. The van der Waals surface area contributed by atoms with Crippen molar-refractivity contribution in [2.45, 2.75) is 37.1 Å². The van der Waals surface area contributed by atoms with Crippen LogP contribution in [0.15, 0.2) is 30.3 Å². The largest absolute Gasteiger partial charge is 0.378 e. The normalized spacial score (nSPS) is 22.5. The number of carbonyl (C=O) groups is 1. The Labute approximate surface area is 124 Å². The highest BCUT2D eigenvalue weighted by Crippen LogP contribution is 2.39. The van der Waals surface area contributed by atoms with Gasteiger partial charge in [-0.05, 0) is 18.8 Å².